The molecule has 0 aliphatic heterocycles. The molecule has 1 heterocycles. The molecule has 0 aliphatic carbocycles. The molecule has 8 heteroatoms. The number of carbonyl (C=O) groups excluding carboxylic acids is 1. The molecule has 7 nitrogen and oxygen atoms in total. The van der Waals surface area contributed by atoms with Crippen molar-refractivity contribution in [3.8, 4) is 0 Å². The van der Waals surface area contributed by atoms with E-state index in [9.17, 15) is 23.9 Å². The Kier molecular flexibility index (Phi) is 4.98. The first kappa shape index (κ1) is 18.2. The van der Waals surface area contributed by atoms with E-state index in [-0.39, 0.29) is 28.8 Å². The van der Waals surface area contributed by atoms with Gasteiger partial charge in [-0.3, -0.25) is 9.59 Å². The number of carboxylic acids is 1. The van der Waals surface area contributed by atoms with Crippen LogP contribution in [0.15, 0.2) is 53.3 Å². The SMILES string of the molecule is CN(Cc1ccc(F)cc1)C(=O)Cn1nc(C(=O)O)c2ccccc2c1=O. The van der Waals surface area contributed by atoms with E-state index in [1.165, 1.54) is 36.2 Å². The van der Waals surface area contributed by atoms with E-state index in [1.54, 1.807) is 24.3 Å². The number of rotatable bonds is 5. The highest BCUT2D eigenvalue weighted by atomic mass is 19.1. The quantitative estimate of drug-likeness (QED) is 0.741. The van der Waals surface area contributed by atoms with Gasteiger partial charge in [-0.2, -0.15) is 5.10 Å². The summed E-state index contributed by atoms with van der Waals surface area (Å²) in [6.45, 7) is -0.186. The van der Waals surface area contributed by atoms with Crippen LogP contribution in [0.5, 0.6) is 0 Å². The lowest BCUT2D eigenvalue weighted by Gasteiger charge is -2.18. The standard InChI is InChI=1S/C19H16FN3O4/c1-22(10-12-6-8-13(20)9-7-12)16(24)11-23-18(25)15-5-3-2-4-14(15)17(21-23)19(26)27/h2-9H,10-11H2,1H3,(H,26,27). The third-order valence-corrected chi connectivity index (χ3v) is 4.11. The normalized spacial score (nSPS) is 10.7. The van der Waals surface area contributed by atoms with Crippen LogP contribution in [0.3, 0.4) is 0 Å². The van der Waals surface area contributed by atoms with Crippen molar-refractivity contribution in [3.05, 3.63) is 76.0 Å². The van der Waals surface area contributed by atoms with Gasteiger partial charge in [-0.1, -0.05) is 30.3 Å². The predicted molar refractivity (Wildman–Crippen MR) is 95.8 cm³/mol. The molecular weight excluding hydrogens is 353 g/mol. The summed E-state index contributed by atoms with van der Waals surface area (Å²) >= 11 is 0. The Morgan fingerprint density at radius 1 is 1.11 bits per heavy atom. The molecule has 0 spiro atoms. The minimum atomic E-state index is -1.29. The zero-order valence-corrected chi connectivity index (χ0v) is 14.4. The molecule has 0 aliphatic rings. The highest BCUT2D eigenvalue weighted by Gasteiger charge is 2.18. The maximum Gasteiger partial charge on any atom is 0.357 e. The molecule has 0 saturated carbocycles. The molecule has 2 aromatic carbocycles. The van der Waals surface area contributed by atoms with Crippen molar-refractivity contribution in [3.63, 3.8) is 0 Å². The second-order valence-electron chi connectivity index (χ2n) is 6.04. The molecule has 0 radical (unpaired) electrons. The molecule has 0 unspecified atom stereocenters. The van der Waals surface area contributed by atoms with Crippen molar-refractivity contribution in [1.29, 1.82) is 0 Å². The first-order valence-electron chi connectivity index (χ1n) is 8.08. The monoisotopic (exact) mass is 369 g/mol. The highest BCUT2D eigenvalue weighted by Crippen LogP contribution is 2.13. The topological polar surface area (TPSA) is 92.5 Å². The third-order valence-electron chi connectivity index (χ3n) is 4.11. The molecule has 27 heavy (non-hydrogen) atoms. The van der Waals surface area contributed by atoms with Crippen LogP contribution < -0.4 is 5.56 Å². The van der Waals surface area contributed by atoms with Gasteiger partial charge in [0, 0.05) is 19.0 Å². The van der Waals surface area contributed by atoms with Crippen LogP contribution in [0.2, 0.25) is 0 Å². The van der Waals surface area contributed by atoms with Gasteiger partial charge in [0.2, 0.25) is 5.91 Å². The van der Waals surface area contributed by atoms with Crippen molar-refractivity contribution in [2.24, 2.45) is 0 Å². The van der Waals surface area contributed by atoms with Crippen LogP contribution in [-0.2, 0) is 17.9 Å². The Balaban J connectivity index is 1.88. The van der Waals surface area contributed by atoms with Crippen molar-refractivity contribution < 1.29 is 19.1 Å². The van der Waals surface area contributed by atoms with Gasteiger partial charge < -0.3 is 10.0 Å². The maximum atomic E-state index is 13.0. The number of hydrogen-bond acceptors (Lipinski definition) is 4. The summed E-state index contributed by atoms with van der Waals surface area (Å²) < 4.78 is 13.8. The van der Waals surface area contributed by atoms with E-state index >= 15 is 0 Å². The summed E-state index contributed by atoms with van der Waals surface area (Å²) in [4.78, 5) is 37.8. The fourth-order valence-corrected chi connectivity index (χ4v) is 2.70. The van der Waals surface area contributed by atoms with Gasteiger partial charge >= 0.3 is 5.97 Å². The highest BCUT2D eigenvalue weighted by molar-refractivity contribution is 6.01. The number of nitrogens with zero attached hydrogens (tertiary/aromatic N) is 3. The van der Waals surface area contributed by atoms with E-state index in [0.29, 0.717) is 0 Å². The number of halogens is 1. The maximum absolute atomic E-state index is 13.0. The second kappa shape index (κ2) is 7.36. The lowest BCUT2D eigenvalue weighted by molar-refractivity contribution is -0.131. The Morgan fingerprint density at radius 3 is 2.37 bits per heavy atom. The summed E-state index contributed by atoms with van der Waals surface area (Å²) in [6.07, 6.45) is 0. The van der Waals surface area contributed by atoms with E-state index in [4.69, 9.17) is 0 Å². The fourth-order valence-electron chi connectivity index (χ4n) is 2.70. The summed E-state index contributed by atoms with van der Waals surface area (Å²) in [5.74, 6) is -2.09. The van der Waals surface area contributed by atoms with Gasteiger partial charge in [-0.25, -0.2) is 13.9 Å². The Labute approximate surface area is 153 Å². The van der Waals surface area contributed by atoms with Gasteiger partial charge in [0.25, 0.3) is 5.56 Å². The number of fused-ring (bicyclic) bond motifs is 1. The average molecular weight is 369 g/mol. The van der Waals surface area contributed by atoms with Crippen LogP contribution in [0.4, 0.5) is 4.39 Å². The van der Waals surface area contributed by atoms with Crippen LogP contribution in [0.25, 0.3) is 10.8 Å². The van der Waals surface area contributed by atoms with Crippen LogP contribution >= 0.6 is 0 Å². The Bertz CT molecular complexity index is 1080. The van der Waals surface area contributed by atoms with Crippen molar-refractivity contribution >= 4 is 22.6 Å². The first-order chi connectivity index (χ1) is 12.9. The van der Waals surface area contributed by atoms with Gasteiger partial charge in [0.15, 0.2) is 5.69 Å². The summed E-state index contributed by atoms with van der Waals surface area (Å²) in [5, 5.41) is 13.6. The third kappa shape index (κ3) is 3.84. The van der Waals surface area contributed by atoms with E-state index < -0.39 is 24.0 Å². The lowest BCUT2D eigenvalue weighted by Crippen LogP contribution is -2.35. The molecule has 0 fully saturated rings. The number of aromatic carboxylic acids is 1. The smallest absolute Gasteiger partial charge is 0.357 e. The van der Waals surface area contributed by atoms with E-state index in [1.807, 2.05) is 0 Å². The van der Waals surface area contributed by atoms with Gasteiger partial charge in [-0.15, -0.1) is 0 Å². The number of carbonyl (C=O) groups is 2. The first-order valence-corrected chi connectivity index (χ1v) is 8.08. The number of amides is 1. The molecule has 3 rings (SSSR count). The number of benzene rings is 2. The van der Waals surface area contributed by atoms with Gasteiger partial charge in [0.1, 0.15) is 12.4 Å². The molecule has 138 valence electrons. The number of likely N-dealkylation sites (N-methyl/N-ethyl adjacent to an activating group) is 1. The van der Waals surface area contributed by atoms with E-state index in [0.717, 1.165) is 10.2 Å². The molecule has 1 N–H and O–H groups in total. The van der Waals surface area contributed by atoms with Gasteiger partial charge in [0.05, 0.1) is 5.39 Å². The summed E-state index contributed by atoms with van der Waals surface area (Å²) in [5.41, 5.74) is -0.115. The number of aromatic nitrogens is 2. The number of hydrogen-bond donors (Lipinski definition) is 1. The molecule has 0 atom stereocenters. The van der Waals surface area contributed by atoms with Crippen molar-refractivity contribution in [2.75, 3.05) is 7.05 Å². The summed E-state index contributed by atoms with van der Waals surface area (Å²) in [6, 6.07) is 11.9. The minimum absolute atomic E-state index is 0.180. The van der Waals surface area contributed by atoms with Crippen LogP contribution in [-0.4, -0.2) is 38.7 Å². The summed E-state index contributed by atoms with van der Waals surface area (Å²) in [7, 11) is 1.54. The zero-order chi connectivity index (χ0) is 19.6. The number of carboxylic acid groups (broad SMARTS) is 1. The second-order valence-corrected chi connectivity index (χ2v) is 6.04. The van der Waals surface area contributed by atoms with E-state index in [2.05, 4.69) is 5.10 Å². The van der Waals surface area contributed by atoms with Gasteiger partial charge in [-0.05, 0) is 23.8 Å². The Hall–Kier alpha value is -3.55. The lowest BCUT2D eigenvalue weighted by atomic mass is 10.1. The molecule has 1 aromatic heterocycles. The largest absolute Gasteiger partial charge is 0.476 e. The van der Waals surface area contributed by atoms with Crippen LogP contribution in [0.1, 0.15) is 16.1 Å². The average Bonchev–Trinajstić information content (AvgIpc) is 2.65. The fraction of sp³-hybridized carbons (Fsp3) is 0.158. The molecule has 1 amide bonds. The minimum Gasteiger partial charge on any atom is -0.476 e. The van der Waals surface area contributed by atoms with Crippen molar-refractivity contribution in [1.82, 2.24) is 14.7 Å². The molecule has 3 aromatic rings. The molecule has 0 saturated heterocycles. The van der Waals surface area contributed by atoms with Crippen LogP contribution in [0, 0.1) is 5.82 Å². The molecule has 0 bridgehead atoms. The predicted octanol–water partition coefficient (Wildman–Crippen LogP) is 1.89. The Morgan fingerprint density at radius 2 is 1.74 bits per heavy atom. The van der Waals surface area contributed by atoms with Crippen molar-refractivity contribution in [2.45, 2.75) is 13.1 Å². The molecular formula is C19H16FN3O4. The zero-order valence-electron chi connectivity index (χ0n) is 14.4.